The first kappa shape index (κ1) is 17.3. The molecule has 2 aliphatic rings. The van der Waals surface area contributed by atoms with Crippen molar-refractivity contribution in [1.82, 2.24) is 10.2 Å². The second-order valence-corrected chi connectivity index (χ2v) is 6.78. The molecule has 7 heteroatoms. The summed E-state index contributed by atoms with van der Waals surface area (Å²) in [6.07, 6.45) is 2.61. The Hall–Kier alpha value is -2.54. The first-order valence-corrected chi connectivity index (χ1v) is 8.79. The molecule has 0 aliphatic carbocycles. The van der Waals surface area contributed by atoms with Crippen LogP contribution >= 0.6 is 11.8 Å². The van der Waals surface area contributed by atoms with Crippen molar-refractivity contribution >= 4 is 29.5 Å². The molecule has 2 heterocycles. The Morgan fingerprint density at radius 2 is 2.08 bits per heavy atom. The van der Waals surface area contributed by atoms with E-state index in [2.05, 4.69) is 5.32 Å². The van der Waals surface area contributed by atoms with Gasteiger partial charge in [0.25, 0.3) is 0 Å². The Morgan fingerprint density at radius 3 is 2.76 bits per heavy atom. The van der Waals surface area contributed by atoms with Crippen LogP contribution in [0.3, 0.4) is 0 Å². The number of hydrogen-bond acceptors (Lipinski definition) is 5. The lowest BCUT2D eigenvalue weighted by molar-refractivity contribution is -0.150. The fourth-order valence-corrected chi connectivity index (χ4v) is 3.66. The van der Waals surface area contributed by atoms with E-state index < -0.39 is 5.97 Å². The van der Waals surface area contributed by atoms with E-state index in [1.54, 1.807) is 5.41 Å². The van der Waals surface area contributed by atoms with Crippen LogP contribution in [0.15, 0.2) is 52.5 Å². The van der Waals surface area contributed by atoms with Crippen LogP contribution in [0, 0.1) is 0 Å². The van der Waals surface area contributed by atoms with E-state index in [9.17, 15) is 14.4 Å². The van der Waals surface area contributed by atoms with Gasteiger partial charge in [-0.25, -0.2) is 4.79 Å². The summed E-state index contributed by atoms with van der Waals surface area (Å²) in [7, 11) is 0. The lowest BCUT2D eigenvalue weighted by Gasteiger charge is -2.35. The summed E-state index contributed by atoms with van der Waals surface area (Å²) in [5.41, 5.74) is 1.22. The van der Waals surface area contributed by atoms with E-state index in [1.165, 1.54) is 29.8 Å². The van der Waals surface area contributed by atoms with Crippen LogP contribution in [0.5, 0.6) is 0 Å². The largest absolute Gasteiger partial charge is 0.456 e. The molecule has 25 heavy (non-hydrogen) atoms. The van der Waals surface area contributed by atoms with E-state index in [4.69, 9.17) is 4.74 Å². The average molecular weight is 358 g/mol. The molecule has 0 saturated carbocycles. The van der Waals surface area contributed by atoms with E-state index in [0.717, 1.165) is 10.5 Å². The van der Waals surface area contributed by atoms with Crippen LogP contribution in [0.25, 0.3) is 0 Å². The third kappa shape index (κ3) is 3.93. The van der Waals surface area contributed by atoms with Gasteiger partial charge in [0.05, 0.1) is 6.04 Å². The van der Waals surface area contributed by atoms with Gasteiger partial charge < -0.3 is 15.0 Å². The van der Waals surface area contributed by atoms with Crippen molar-refractivity contribution < 1.29 is 19.1 Å². The number of esters is 1. The monoisotopic (exact) mass is 358 g/mol. The molecule has 1 aromatic rings. The molecule has 2 amide bonds. The maximum atomic E-state index is 12.5. The van der Waals surface area contributed by atoms with E-state index in [-0.39, 0.29) is 24.5 Å². The molecule has 1 aromatic carbocycles. The van der Waals surface area contributed by atoms with Gasteiger partial charge in [0.2, 0.25) is 11.8 Å². The molecule has 1 saturated heterocycles. The summed E-state index contributed by atoms with van der Waals surface area (Å²) in [5.74, 6) is -0.716. The van der Waals surface area contributed by atoms with Crippen molar-refractivity contribution in [2.45, 2.75) is 32.4 Å². The minimum Gasteiger partial charge on any atom is -0.456 e. The molecule has 1 fully saturated rings. The molecule has 3 rings (SSSR count). The number of carbonyl (C=O) groups is 3. The molecule has 130 valence electrons. The van der Waals surface area contributed by atoms with Crippen LogP contribution in [0.4, 0.5) is 0 Å². The van der Waals surface area contributed by atoms with Gasteiger partial charge in [0.1, 0.15) is 12.3 Å². The normalized spacial score (nSPS) is 19.0. The predicted octanol–water partition coefficient (Wildman–Crippen LogP) is 2.29. The highest BCUT2D eigenvalue weighted by atomic mass is 32.2. The molecule has 0 radical (unpaired) electrons. The number of rotatable bonds is 6. The van der Waals surface area contributed by atoms with Crippen molar-refractivity contribution in [2.75, 3.05) is 0 Å². The van der Waals surface area contributed by atoms with E-state index >= 15 is 0 Å². The summed E-state index contributed by atoms with van der Waals surface area (Å²) in [4.78, 5) is 37.6. The highest BCUT2D eigenvalue weighted by molar-refractivity contribution is 8.05. The lowest BCUT2D eigenvalue weighted by atomic mass is 10.0. The third-order valence-electron chi connectivity index (χ3n) is 3.94. The van der Waals surface area contributed by atoms with Gasteiger partial charge in [0, 0.05) is 30.9 Å². The molecule has 1 atom stereocenters. The number of thioether (sulfide) groups is 1. The average Bonchev–Trinajstić information content (AvgIpc) is 2.89. The Balaban J connectivity index is 1.69. The van der Waals surface area contributed by atoms with Gasteiger partial charge in [-0.3, -0.25) is 9.59 Å². The van der Waals surface area contributed by atoms with E-state index in [1.807, 2.05) is 30.3 Å². The highest BCUT2D eigenvalue weighted by Crippen LogP contribution is 2.43. The Morgan fingerprint density at radius 1 is 1.32 bits per heavy atom. The number of nitrogens with zero attached hydrogens (tertiary/aromatic N) is 1. The lowest BCUT2D eigenvalue weighted by Crippen LogP contribution is -2.49. The molecule has 0 aromatic heterocycles. The van der Waals surface area contributed by atoms with Crippen molar-refractivity contribution in [2.24, 2.45) is 0 Å². The van der Waals surface area contributed by atoms with Gasteiger partial charge in [-0.1, -0.05) is 42.1 Å². The van der Waals surface area contributed by atoms with Crippen LogP contribution in [0.1, 0.15) is 25.3 Å². The first-order valence-electron chi connectivity index (χ1n) is 7.91. The van der Waals surface area contributed by atoms with Crippen molar-refractivity contribution in [3.8, 4) is 0 Å². The number of nitrogens with one attached hydrogen (secondary N) is 1. The minimum atomic E-state index is -0.491. The van der Waals surface area contributed by atoms with E-state index in [0.29, 0.717) is 18.5 Å². The summed E-state index contributed by atoms with van der Waals surface area (Å²) in [5, 5.41) is 4.24. The zero-order valence-corrected chi connectivity index (χ0v) is 14.5. The summed E-state index contributed by atoms with van der Waals surface area (Å²) < 4.78 is 5.39. The maximum Gasteiger partial charge on any atom is 0.356 e. The molecule has 0 spiro atoms. The van der Waals surface area contributed by atoms with Gasteiger partial charge >= 0.3 is 5.97 Å². The van der Waals surface area contributed by atoms with Gasteiger partial charge in [-0.15, -0.1) is 0 Å². The fraction of sp³-hybridized carbons (Fsp3) is 0.278. The first-order chi connectivity index (χ1) is 12.1. The second kappa shape index (κ2) is 7.57. The molecule has 6 nitrogen and oxygen atoms in total. The molecule has 0 bridgehead atoms. The van der Waals surface area contributed by atoms with Crippen LogP contribution < -0.4 is 5.32 Å². The predicted molar refractivity (Wildman–Crippen MR) is 93.7 cm³/mol. The van der Waals surface area contributed by atoms with Gasteiger partial charge in [0.15, 0.2) is 0 Å². The number of hydrogen-bond donors (Lipinski definition) is 1. The zero-order chi connectivity index (χ0) is 17.8. The Bertz CT molecular complexity index is 758. The maximum absolute atomic E-state index is 12.5. The third-order valence-corrected chi connectivity index (χ3v) is 4.86. The van der Waals surface area contributed by atoms with Gasteiger partial charge in [-0.05, 0) is 11.0 Å². The summed E-state index contributed by atoms with van der Waals surface area (Å²) >= 11 is 1.32. The Labute approximate surface area is 149 Å². The van der Waals surface area contributed by atoms with Crippen LogP contribution in [-0.4, -0.2) is 28.7 Å². The van der Waals surface area contributed by atoms with Gasteiger partial charge in [-0.2, -0.15) is 0 Å². The fourth-order valence-electron chi connectivity index (χ4n) is 2.77. The number of benzene rings is 1. The molecular weight excluding hydrogens is 340 g/mol. The number of ether oxygens (including phenoxy) is 1. The standard InChI is InChI=1S/C18H18N2O4S/c1-12(21)19-7-8-25-15-9-14-10-16(22)20(14)17(15)18(23)24-11-13-5-3-2-4-6-13/h2-8,14H,9-11H2,1H3,(H,19,21)/b8-7-. The molecule has 2 aliphatic heterocycles. The zero-order valence-electron chi connectivity index (χ0n) is 13.7. The number of carbonyl (C=O) groups excluding carboxylic acids is 3. The van der Waals surface area contributed by atoms with Crippen molar-refractivity contribution in [3.05, 3.63) is 58.1 Å². The quantitative estimate of drug-likeness (QED) is 0.624. The molecule has 1 unspecified atom stereocenters. The Kier molecular flexibility index (Phi) is 5.23. The highest BCUT2D eigenvalue weighted by Gasteiger charge is 2.47. The molecular formula is C18H18N2O4S. The van der Waals surface area contributed by atoms with Crippen LogP contribution in [0.2, 0.25) is 0 Å². The number of β-lactam (4-membered cyclic amide) rings is 1. The molecule has 1 N–H and O–H groups in total. The van der Waals surface area contributed by atoms with Crippen LogP contribution in [-0.2, 0) is 25.7 Å². The summed E-state index contributed by atoms with van der Waals surface area (Å²) in [6.45, 7) is 1.58. The number of amides is 2. The number of fused-ring (bicyclic) bond motifs is 1. The second-order valence-electron chi connectivity index (χ2n) is 5.78. The smallest absolute Gasteiger partial charge is 0.356 e. The van der Waals surface area contributed by atoms with Crippen molar-refractivity contribution in [3.63, 3.8) is 0 Å². The topological polar surface area (TPSA) is 75.7 Å². The summed E-state index contributed by atoms with van der Waals surface area (Å²) in [6, 6.07) is 9.44. The van der Waals surface area contributed by atoms with Crippen molar-refractivity contribution in [1.29, 1.82) is 0 Å². The SMILES string of the molecule is CC(=O)N/C=C\SC1=C(C(=O)OCc2ccccc2)N2C(=O)CC2C1. The minimum absolute atomic E-state index is 0.0449.